The monoisotopic (exact) mass is 283 g/mol. The number of fused-ring (bicyclic) bond motifs is 1. The third kappa shape index (κ3) is 2.20. The van der Waals surface area contributed by atoms with E-state index in [-0.39, 0.29) is 16.6 Å². The smallest absolute Gasteiger partial charge is 0.338 e. The van der Waals surface area contributed by atoms with Gasteiger partial charge in [0.2, 0.25) is 0 Å². The molecule has 0 aliphatic carbocycles. The fourth-order valence-electron chi connectivity index (χ4n) is 2.33. The van der Waals surface area contributed by atoms with Gasteiger partial charge in [0.15, 0.2) is 0 Å². The molecule has 0 aliphatic rings. The van der Waals surface area contributed by atoms with Crippen LogP contribution < -0.4 is 5.56 Å². The van der Waals surface area contributed by atoms with Gasteiger partial charge in [-0.25, -0.2) is 9.31 Å². The normalized spacial score (nSPS) is 10.9. The summed E-state index contributed by atoms with van der Waals surface area (Å²) in [5.74, 6) is -0.601. The van der Waals surface area contributed by atoms with E-state index in [1.54, 1.807) is 6.92 Å². The highest BCUT2D eigenvalue weighted by molar-refractivity contribution is 5.95. The molecule has 0 amide bonds. The third-order valence-corrected chi connectivity index (χ3v) is 3.37. The highest BCUT2D eigenvalue weighted by atomic mass is 16.4. The van der Waals surface area contributed by atoms with Crippen LogP contribution in [0.1, 0.15) is 21.7 Å². The summed E-state index contributed by atoms with van der Waals surface area (Å²) in [6, 6.07) is 10.9. The van der Waals surface area contributed by atoms with Gasteiger partial charge in [-0.1, -0.05) is 30.3 Å². The van der Waals surface area contributed by atoms with Gasteiger partial charge < -0.3 is 5.11 Å². The van der Waals surface area contributed by atoms with Crippen molar-refractivity contribution in [3.05, 3.63) is 69.9 Å². The zero-order chi connectivity index (χ0) is 15.0. The van der Waals surface area contributed by atoms with Gasteiger partial charge in [-0.2, -0.15) is 5.10 Å². The Bertz CT molecular complexity index is 878. The van der Waals surface area contributed by atoms with Crippen LogP contribution in [0, 0.1) is 6.92 Å². The molecule has 21 heavy (non-hydrogen) atoms. The number of carboxylic acids is 1. The van der Waals surface area contributed by atoms with Gasteiger partial charge in [-0.05, 0) is 18.6 Å². The standard InChI is InChI=1S/C15H13N3O3/c1-10-16-18-8-7-12(15(20)21)13(18)14(19)17(10)9-11-5-3-2-4-6-11/h2-8H,9H2,1H3,(H,20,21). The summed E-state index contributed by atoms with van der Waals surface area (Å²) < 4.78 is 2.81. The van der Waals surface area contributed by atoms with Crippen LogP contribution in [0.3, 0.4) is 0 Å². The topological polar surface area (TPSA) is 76.6 Å². The van der Waals surface area contributed by atoms with Crippen molar-refractivity contribution in [2.24, 2.45) is 0 Å². The van der Waals surface area contributed by atoms with Crippen LogP contribution >= 0.6 is 0 Å². The Labute approximate surface area is 119 Å². The van der Waals surface area contributed by atoms with Gasteiger partial charge in [-0.3, -0.25) is 9.36 Å². The van der Waals surface area contributed by atoms with Crippen molar-refractivity contribution in [2.45, 2.75) is 13.5 Å². The van der Waals surface area contributed by atoms with Crippen LogP contribution in [0.2, 0.25) is 0 Å². The predicted molar refractivity (Wildman–Crippen MR) is 76.7 cm³/mol. The lowest BCUT2D eigenvalue weighted by Gasteiger charge is -2.10. The number of carbonyl (C=O) groups is 1. The van der Waals surface area contributed by atoms with E-state index in [9.17, 15) is 9.59 Å². The van der Waals surface area contributed by atoms with E-state index >= 15 is 0 Å². The fourth-order valence-corrected chi connectivity index (χ4v) is 2.33. The largest absolute Gasteiger partial charge is 0.478 e. The van der Waals surface area contributed by atoms with Gasteiger partial charge in [0.05, 0.1) is 12.1 Å². The molecule has 106 valence electrons. The zero-order valence-electron chi connectivity index (χ0n) is 11.4. The molecule has 1 N–H and O–H groups in total. The number of carboxylic acid groups (broad SMARTS) is 1. The molecule has 3 rings (SSSR count). The van der Waals surface area contributed by atoms with Crippen molar-refractivity contribution in [2.75, 3.05) is 0 Å². The van der Waals surface area contributed by atoms with E-state index in [1.807, 2.05) is 30.3 Å². The Kier molecular flexibility index (Phi) is 3.06. The highest BCUT2D eigenvalue weighted by Gasteiger charge is 2.17. The van der Waals surface area contributed by atoms with Crippen LogP contribution in [-0.2, 0) is 6.54 Å². The first-order valence-corrected chi connectivity index (χ1v) is 6.44. The average molecular weight is 283 g/mol. The minimum absolute atomic E-state index is 0.0330. The highest BCUT2D eigenvalue weighted by Crippen LogP contribution is 2.09. The first-order valence-electron chi connectivity index (χ1n) is 6.44. The summed E-state index contributed by atoms with van der Waals surface area (Å²) in [6.07, 6.45) is 1.49. The second-order valence-corrected chi connectivity index (χ2v) is 4.75. The molecule has 0 spiro atoms. The molecule has 3 aromatic rings. The zero-order valence-corrected chi connectivity index (χ0v) is 11.4. The minimum atomic E-state index is -1.13. The quantitative estimate of drug-likeness (QED) is 0.791. The van der Waals surface area contributed by atoms with Crippen LogP contribution in [0.5, 0.6) is 0 Å². The van der Waals surface area contributed by atoms with Crippen molar-refractivity contribution in [3.63, 3.8) is 0 Å². The van der Waals surface area contributed by atoms with Crippen LogP contribution in [0.25, 0.3) is 5.52 Å². The van der Waals surface area contributed by atoms with E-state index < -0.39 is 5.97 Å². The van der Waals surface area contributed by atoms with Crippen LogP contribution in [0.4, 0.5) is 0 Å². The van der Waals surface area contributed by atoms with Crippen LogP contribution in [0.15, 0.2) is 47.4 Å². The molecule has 0 radical (unpaired) electrons. The molecule has 0 saturated carbocycles. The second kappa shape index (κ2) is 4.90. The summed E-state index contributed by atoms with van der Waals surface area (Å²) in [5, 5.41) is 13.4. The maximum atomic E-state index is 12.6. The SMILES string of the molecule is Cc1nn2ccc(C(=O)O)c2c(=O)n1Cc1ccccc1. The molecule has 0 bridgehead atoms. The molecule has 6 heteroatoms. The molecule has 0 aliphatic heterocycles. The first-order chi connectivity index (χ1) is 10.1. The number of aromatic carboxylic acids is 1. The maximum Gasteiger partial charge on any atom is 0.338 e. The van der Waals surface area contributed by atoms with Gasteiger partial charge in [0, 0.05) is 6.20 Å². The lowest BCUT2D eigenvalue weighted by Crippen LogP contribution is -2.27. The van der Waals surface area contributed by atoms with Gasteiger partial charge in [0.1, 0.15) is 11.3 Å². The van der Waals surface area contributed by atoms with Gasteiger partial charge in [-0.15, -0.1) is 0 Å². The Morgan fingerprint density at radius 1 is 1.24 bits per heavy atom. The Morgan fingerprint density at radius 2 is 1.95 bits per heavy atom. The first kappa shape index (κ1) is 13.1. The Balaban J connectivity index is 2.21. The Hall–Kier alpha value is -2.89. The van der Waals surface area contributed by atoms with Crippen molar-refractivity contribution in [3.8, 4) is 0 Å². The van der Waals surface area contributed by atoms with E-state index in [0.29, 0.717) is 12.4 Å². The fraction of sp³-hybridized carbons (Fsp3) is 0.133. The van der Waals surface area contributed by atoms with E-state index in [4.69, 9.17) is 5.11 Å². The van der Waals surface area contributed by atoms with E-state index in [1.165, 1.54) is 21.3 Å². The lowest BCUT2D eigenvalue weighted by molar-refractivity contribution is 0.0699. The number of benzene rings is 1. The molecule has 1 aromatic carbocycles. The molecule has 0 fully saturated rings. The molecule has 2 aromatic heterocycles. The molecular formula is C15H13N3O3. The van der Waals surface area contributed by atoms with E-state index in [0.717, 1.165) is 5.56 Å². The van der Waals surface area contributed by atoms with E-state index in [2.05, 4.69) is 5.10 Å². The Morgan fingerprint density at radius 3 is 2.62 bits per heavy atom. The minimum Gasteiger partial charge on any atom is -0.478 e. The summed E-state index contributed by atoms with van der Waals surface area (Å²) in [6.45, 7) is 2.09. The summed E-state index contributed by atoms with van der Waals surface area (Å²) in [4.78, 5) is 23.8. The van der Waals surface area contributed by atoms with Crippen molar-refractivity contribution in [1.82, 2.24) is 14.2 Å². The summed E-state index contributed by atoms with van der Waals surface area (Å²) in [7, 11) is 0. The van der Waals surface area contributed by atoms with Gasteiger partial charge in [0.25, 0.3) is 5.56 Å². The second-order valence-electron chi connectivity index (χ2n) is 4.75. The predicted octanol–water partition coefficient (Wildman–Crippen LogP) is 1.55. The molecule has 0 unspecified atom stereocenters. The number of rotatable bonds is 3. The summed E-state index contributed by atoms with van der Waals surface area (Å²) >= 11 is 0. The molecule has 0 atom stereocenters. The molecular weight excluding hydrogens is 270 g/mol. The molecule has 0 saturated heterocycles. The van der Waals surface area contributed by atoms with Crippen LogP contribution in [-0.4, -0.2) is 25.3 Å². The lowest BCUT2D eigenvalue weighted by atomic mass is 10.2. The number of nitrogens with zero attached hydrogens (tertiary/aromatic N) is 3. The molecule has 2 heterocycles. The number of hydrogen-bond donors (Lipinski definition) is 1. The maximum absolute atomic E-state index is 12.6. The third-order valence-electron chi connectivity index (χ3n) is 3.37. The number of aromatic nitrogens is 3. The average Bonchev–Trinajstić information content (AvgIpc) is 2.88. The molecule has 6 nitrogen and oxygen atoms in total. The summed E-state index contributed by atoms with van der Waals surface area (Å²) in [5.41, 5.74) is 0.657. The van der Waals surface area contributed by atoms with Gasteiger partial charge >= 0.3 is 5.97 Å². The van der Waals surface area contributed by atoms with Crippen molar-refractivity contribution >= 4 is 11.5 Å². The van der Waals surface area contributed by atoms with Crippen molar-refractivity contribution in [1.29, 1.82) is 0 Å². The number of hydrogen-bond acceptors (Lipinski definition) is 3. The number of aryl methyl sites for hydroxylation is 1. The van der Waals surface area contributed by atoms with Crippen molar-refractivity contribution < 1.29 is 9.90 Å².